The molecule has 1 N–H and O–H groups in total. The minimum absolute atomic E-state index is 0.0520. The van der Waals surface area contributed by atoms with Gasteiger partial charge in [-0.25, -0.2) is 4.79 Å². The van der Waals surface area contributed by atoms with Crippen LogP contribution in [-0.4, -0.2) is 18.2 Å². The van der Waals surface area contributed by atoms with E-state index in [0.29, 0.717) is 5.56 Å². The number of aryl methyl sites for hydroxylation is 1. The average Bonchev–Trinajstić information content (AvgIpc) is 2.37. The van der Waals surface area contributed by atoms with Gasteiger partial charge >= 0.3 is 5.97 Å². The zero-order valence-electron chi connectivity index (χ0n) is 10.3. The molecule has 3 heteroatoms. The van der Waals surface area contributed by atoms with Crippen LogP contribution < -0.4 is 0 Å². The molecule has 0 spiro atoms. The van der Waals surface area contributed by atoms with Crippen LogP contribution in [0.15, 0.2) is 42.5 Å². The van der Waals surface area contributed by atoms with Crippen LogP contribution in [0.4, 0.5) is 0 Å². The van der Waals surface area contributed by atoms with Gasteiger partial charge in [-0.05, 0) is 41.8 Å². The van der Waals surface area contributed by atoms with Gasteiger partial charge < -0.3 is 9.84 Å². The molecule has 2 rings (SSSR count). The molecule has 0 aliphatic rings. The van der Waals surface area contributed by atoms with E-state index in [1.165, 1.54) is 13.2 Å². The number of benzene rings is 2. The summed E-state index contributed by atoms with van der Waals surface area (Å²) >= 11 is 0. The molecule has 18 heavy (non-hydrogen) atoms. The SMILES string of the molecule is COC(=O)c1cc(O)cc(-c2ccccc2C)c1. The van der Waals surface area contributed by atoms with E-state index in [1.807, 2.05) is 31.2 Å². The summed E-state index contributed by atoms with van der Waals surface area (Å²) < 4.78 is 4.66. The number of phenolic OH excluding ortho intramolecular Hbond substituents is 1. The van der Waals surface area contributed by atoms with Gasteiger partial charge in [-0.15, -0.1) is 0 Å². The fourth-order valence-corrected chi connectivity index (χ4v) is 1.90. The predicted molar refractivity (Wildman–Crippen MR) is 69.6 cm³/mol. The third-order valence-corrected chi connectivity index (χ3v) is 2.79. The summed E-state index contributed by atoms with van der Waals surface area (Å²) in [4.78, 5) is 11.5. The molecule has 0 aromatic heterocycles. The van der Waals surface area contributed by atoms with Crippen molar-refractivity contribution in [2.75, 3.05) is 7.11 Å². The lowest BCUT2D eigenvalue weighted by atomic mass is 9.98. The van der Waals surface area contributed by atoms with Gasteiger partial charge in [0.15, 0.2) is 0 Å². The molecule has 0 unspecified atom stereocenters. The molecule has 0 radical (unpaired) electrons. The number of esters is 1. The van der Waals surface area contributed by atoms with Crippen LogP contribution >= 0.6 is 0 Å². The highest BCUT2D eigenvalue weighted by Gasteiger charge is 2.10. The first-order chi connectivity index (χ1) is 8.61. The van der Waals surface area contributed by atoms with Crippen LogP contribution in [0.2, 0.25) is 0 Å². The van der Waals surface area contributed by atoms with Crippen molar-refractivity contribution < 1.29 is 14.6 Å². The third kappa shape index (κ3) is 2.35. The molecular formula is C15H14O3. The highest BCUT2D eigenvalue weighted by Crippen LogP contribution is 2.28. The first-order valence-electron chi connectivity index (χ1n) is 5.60. The number of hydrogen-bond acceptors (Lipinski definition) is 3. The number of methoxy groups -OCH3 is 1. The molecule has 0 aliphatic heterocycles. The van der Waals surface area contributed by atoms with E-state index in [1.54, 1.807) is 12.1 Å². The topological polar surface area (TPSA) is 46.5 Å². The lowest BCUT2D eigenvalue weighted by molar-refractivity contribution is 0.0600. The van der Waals surface area contributed by atoms with Crippen LogP contribution in [0.1, 0.15) is 15.9 Å². The number of rotatable bonds is 2. The van der Waals surface area contributed by atoms with Gasteiger partial charge in [0.2, 0.25) is 0 Å². The number of ether oxygens (including phenoxy) is 1. The Labute approximate surface area is 106 Å². The van der Waals surface area contributed by atoms with Crippen LogP contribution in [0.3, 0.4) is 0 Å². The Kier molecular flexibility index (Phi) is 3.33. The van der Waals surface area contributed by atoms with E-state index in [4.69, 9.17) is 0 Å². The Morgan fingerprint density at radius 1 is 1.17 bits per heavy atom. The summed E-state index contributed by atoms with van der Waals surface area (Å²) in [6.07, 6.45) is 0. The number of carbonyl (C=O) groups excluding carboxylic acids is 1. The Morgan fingerprint density at radius 3 is 2.56 bits per heavy atom. The van der Waals surface area contributed by atoms with E-state index < -0.39 is 5.97 Å². The number of phenols is 1. The van der Waals surface area contributed by atoms with Crippen molar-refractivity contribution in [1.29, 1.82) is 0 Å². The first-order valence-corrected chi connectivity index (χ1v) is 5.60. The molecule has 3 nitrogen and oxygen atoms in total. The summed E-state index contributed by atoms with van der Waals surface area (Å²) in [6, 6.07) is 12.5. The van der Waals surface area contributed by atoms with Crippen LogP contribution in [0.25, 0.3) is 11.1 Å². The van der Waals surface area contributed by atoms with Gasteiger partial charge in [-0.1, -0.05) is 24.3 Å². The normalized spacial score (nSPS) is 10.1. The Balaban J connectivity index is 2.55. The summed E-state index contributed by atoms with van der Waals surface area (Å²) in [5, 5.41) is 9.68. The molecular weight excluding hydrogens is 228 g/mol. The average molecular weight is 242 g/mol. The van der Waals surface area contributed by atoms with Crippen molar-refractivity contribution in [2.24, 2.45) is 0 Å². The Bertz CT molecular complexity index is 588. The minimum atomic E-state index is -0.458. The third-order valence-electron chi connectivity index (χ3n) is 2.79. The molecule has 2 aromatic rings. The zero-order chi connectivity index (χ0) is 13.1. The van der Waals surface area contributed by atoms with Gasteiger partial charge in [0.1, 0.15) is 5.75 Å². The van der Waals surface area contributed by atoms with Gasteiger partial charge in [-0.2, -0.15) is 0 Å². The van der Waals surface area contributed by atoms with Crippen molar-refractivity contribution in [3.05, 3.63) is 53.6 Å². The molecule has 0 amide bonds. The number of hydrogen-bond donors (Lipinski definition) is 1. The van der Waals surface area contributed by atoms with Gasteiger partial charge in [-0.3, -0.25) is 0 Å². The smallest absolute Gasteiger partial charge is 0.338 e. The van der Waals surface area contributed by atoms with E-state index in [-0.39, 0.29) is 5.75 Å². The lowest BCUT2D eigenvalue weighted by Crippen LogP contribution is -2.01. The second-order valence-corrected chi connectivity index (χ2v) is 4.08. The molecule has 0 aliphatic carbocycles. The lowest BCUT2D eigenvalue weighted by Gasteiger charge is -2.08. The molecule has 92 valence electrons. The largest absolute Gasteiger partial charge is 0.508 e. The predicted octanol–water partition coefficient (Wildman–Crippen LogP) is 3.15. The second kappa shape index (κ2) is 4.92. The molecule has 0 fully saturated rings. The summed E-state index contributed by atoms with van der Waals surface area (Å²) in [7, 11) is 1.32. The maximum absolute atomic E-state index is 11.5. The Hall–Kier alpha value is -2.29. The second-order valence-electron chi connectivity index (χ2n) is 4.08. The van der Waals surface area contributed by atoms with Crippen LogP contribution in [0, 0.1) is 6.92 Å². The van der Waals surface area contributed by atoms with E-state index in [0.717, 1.165) is 16.7 Å². The minimum Gasteiger partial charge on any atom is -0.508 e. The molecule has 0 atom stereocenters. The molecule has 2 aromatic carbocycles. The maximum Gasteiger partial charge on any atom is 0.338 e. The maximum atomic E-state index is 11.5. The van der Waals surface area contributed by atoms with Crippen molar-refractivity contribution in [2.45, 2.75) is 6.92 Å². The molecule has 0 saturated heterocycles. The number of aromatic hydroxyl groups is 1. The van der Waals surface area contributed by atoms with Crippen molar-refractivity contribution in [1.82, 2.24) is 0 Å². The number of carbonyl (C=O) groups is 1. The van der Waals surface area contributed by atoms with Gasteiger partial charge in [0.05, 0.1) is 12.7 Å². The van der Waals surface area contributed by atoms with Crippen molar-refractivity contribution >= 4 is 5.97 Å². The van der Waals surface area contributed by atoms with E-state index in [9.17, 15) is 9.90 Å². The quantitative estimate of drug-likeness (QED) is 0.823. The van der Waals surface area contributed by atoms with Crippen LogP contribution in [0.5, 0.6) is 5.75 Å². The highest BCUT2D eigenvalue weighted by atomic mass is 16.5. The molecule has 0 saturated carbocycles. The zero-order valence-corrected chi connectivity index (χ0v) is 10.3. The van der Waals surface area contributed by atoms with Crippen molar-refractivity contribution in [3.8, 4) is 16.9 Å². The molecule has 0 bridgehead atoms. The fraction of sp³-hybridized carbons (Fsp3) is 0.133. The van der Waals surface area contributed by atoms with E-state index >= 15 is 0 Å². The highest BCUT2D eigenvalue weighted by molar-refractivity contribution is 5.91. The van der Waals surface area contributed by atoms with Crippen molar-refractivity contribution in [3.63, 3.8) is 0 Å². The summed E-state index contributed by atoms with van der Waals surface area (Å²) in [5.41, 5.74) is 3.21. The van der Waals surface area contributed by atoms with Gasteiger partial charge in [0.25, 0.3) is 0 Å². The first kappa shape index (κ1) is 12.2. The monoisotopic (exact) mass is 242 g/mol. The van der Waals surface area contributed by atoms with E-state index in [2.05, 4.69) is 4.74 Å². The standard InChI is InChI=1S/C15H14O3/c1-10-5-3-4-6-14(10)11-7-12(15(17)18-2)9-13(16)8-11/h3-9,16H,1-2H3. The Morgan fingerprint density at radius 2 is 1.89 bits per heavy atom. The fourth-order valence-electron chi connectivity index (χ4n) is 1.90. The molecule has 0 heterocycles. The summed E-state index contributed by atoms with van der Waals surface area (Å²) in [6.45, 7) is 1.98. The van der Waals surface area contributed by atoms with Crippen LogP contribution in [-0.2, 0) is 4.74 Å². The van der Waals surface area contributed by atoms with Gasteiger partial charge in [0, 0.05) is 0 Å². The summed E-state index contributed by atoms with van der Waals surface area (Å²) in [5.74, 6) is -0.406.